The summed E-state index contributed by atoms with van der Waals surface area (Å²) in [5, 5.41) is 11.9. The van der Waals surface area contributed by atoms with Crippen LogP contribution in [0.4, 0.5) is 5.69 Å². The highest BCUT2D eigenvalue weighted by Gasteiger charge is 2.25. The lowest BCUT2D eigenvalue weighted by molar-refractivity contribution is -0.385. The Bertz CT molecular complexity index is 954. The van der Waals surface area contributed by atoms with E-state index in [1.807, 2.05) is 0 Å². The van der Waals surface area contributed by atoms with Gasteiger partial charge in [0.2, 0.25) is 0 Å². The van der Waals surface area contributed by atoms with Crippen LogP contribution in [0.15, 0.2) is 36.4 Å². The molecule has 29 heavy (non-hydrogen) atoms. The van der Waals surface area contributed by atoms with Crippen LogP contribution in [0.25, 0.3) is 0 Å². The summed E-state index contributed by atoms with van der Waals surface area (Å²) >= 11 is 11.9. The lowest BCUT2D eigenvalue weighted by Crippen LogP contribution is -2.27. The van der Waals surface area contributed by atoms with Crippen molar-refractivity contribution in [1.82, 2.24) is 0 Å². The van der Waals surface area contributed by atoms with Crippen LogP contribution in [0.1, 0.15) is 31.1 Å². The van der Waals surface area contributed by atoms with Crippen molar-refractivity contribution in [2.75, 3.05) is 6.61 Å². The first-order chi connectivity index (χ1) is 13.5. The second-order valence-corrected chi connectivity index (χ2v) is 7.62. The SMILES string of the molecule is CC(C)(C)OC(=O)COC(=O)c1cc(Oc2ccc(Cl)cc2Cl)ccc1[N+](=O)[O-]. The van der Waals surface area contributed by atoms with Crippen molar-refractivity contribution in [2.45, 2.75) is 26.4 Å². The normalized spacial score (nSPS) is 10.9. The molecule has 0 N–H and O–H groups in total. The maximum atomic E-state index is 12.3. The molecule has 0 fully saturated rings. The van der Waals surface area contributed by atoms with Gasteiger partial charge in [-0.05, 0) is 45.0 Å². The van der Waals surface area contributed by atoms with Gasteiger partial charge in [-0.2, -0.15) is 0 Å². The van der Waals surface area contributed by atoms with Crippen LogP contribution in [0, 0.1) is 10.1 Å². The van der Waals surface area contributed by atoms with Crippen molar-refractivity contribution in [2.24, 2.45) is 0 Å². The highest BCUT2D eigenvalue weighted by molar-refractivity contribution is 6.35. The van der Waals surface area contributed by atoms with E-state index in [2.05, 4.69) is 0 Å². The quantitative estimate of drug-likeness (QED) is 0.344. The van der Waals surface area contributed by atoms with Crippen LogP contribution in [0.3, 0.4) is 0 Å². The molecule has 0 saturated heterocycles. The number of nitro groups is 1. The van der Waals surface area contributed by atoms with Crippen LogP contribution in [-0.2, 0) is 14.3 Å². The molecule has 2 rings (SSSR count). The smallest absolute Gasteiger partial charge is 0.345 e. The number of benzene rings is 2. The number of halogens is 2. The summed E-state index contributed by atoms with van der Waals surface area (Å²) in [7, 11) is 0. The standard InChI is InChI=1S/C19H17Cl2NO7/c1-19(2,3)29-17(23)10-27-18(24)13-9-12(5-6-15(13)22(25)26)28-16-7-4-11(20)8-14(16)21/h4-9H,10H2,1-3H3. The average Bonchev–Trinajstić information content (AvgIpc) is 2.60. The second-order valence-electron chi connectivity index (χ2n) is 6.78. The monoisotopic (exact) mass is 441 g/mol. The van der Waals surface area contributed by atoms with E-state index in [4.69, 9.17) is 37.4 Å². The average molecular weight is 442 g/mol. The number of rotatable bonds is 6. The van der Waals surface area contributed by atoms with Gasteiger partial charge in [0.1, 0.15) is 22.7 Å². The van der Waals surface area contributed by atoms with Crippen molar-refractivity contribution < 1.29 is 28.7 Å². The maximum Gasteiger partial charge on any atom is 0.345 e. The Morgan fingerprint density at radius 2 is 1.79 bits per heavy atom. The predicted molar refractivity (Wildman–Crippen MR) is 106 cm³/mol. The summed E-state index contributed by atoms with van der Waals surface area (Å²) in [5.74, 6) is -1.52. The van der Waals surface area contributed by atoms with E-state index in [0.29, 0.717) is 5.02 Å². The topological polar surface area (TPSA) is 105 Å². The van der Waals surface area contributed by atoms with Crippen molar-refractivity contribution in [1.29, 1.82) is 0 Å². The Balaban J connectivity index is 2.22. The number of carbonyl (C=O) groups excluding carboxylic acids is 2. The van der Waals surface area contributed by atoms with Crippen LogP contribution in [-0.4, -0.2) is 29.1 Å². The number of carbonyl (C=O) groups is 2. The molecule has 0 unspecified atom stereocenters. The molecule has 0 atom stereocenters. The van der Waals surface area contributed by atoms with Gasteiger partial charge in [0.25, 0.3) is 5.69 Å². The molecule has 0 heterocycles. The minimum atomic E-state index is -1.07. The number of esters is 2. The van der Waals surface area contributed by atoms with Gasteiger partial charge in [0, 0.05) is 17.2 Å². The molecule has 0 bridgehead atoms. The van der Waals surface area contributed by atoms with Crippen LogP contribution in [0.2, 0.25) is 10.0 Å². The molecular formula is C19H17Cl2NO7. The van der Waals surface area contributed by atoms with Gasteiger partial charge in [-0.1, -0.05) is 23.2 Å². The lowest BCUT2D eigenvalue weighted by atomic mass is 10.1. The molecule has 10 heteroatoms. The zero-order valence-corrected chi connectivity index (χ0v) is 17.2. The third-order valence-electron chi connectivity index (χ3n) is 3.25. The summed E-state index contributed by atoms with van der Waals surface area (Å²) in [6, 6.07) is 8.02. The van der Waals surface area contributed by atoms with Gasteiger partial charge in [0.15, 0.2) is 6.61 Å². The molecule has 0 amide bonds. The molecule has 2 aromatic rings. The molecule has 0 aliphatic heterocycles. The number of ether oxygens (including phenoxy) is 3. The molecule has 0 aliphatic carbocycles. The predicted octanol–water partition coefficient (Wildman–Crippen LogP) is 5.19. The Labute approximate surface area is 176 Å². The van der Waals surface area contributed by atoms with Crippen LogP contribution < -0.4 is 4.74 Å². The van der Waals surface area contributed by atoms with Gasteiger partial charge >= 0.3 is 11.9 Å². The molecule has 0 aliphatic rings. The van der Waals surface area contributed by atoms with Gasteiger partial charge in [-0.3, -0.25) is 10.1 Å². The number of hydrogen-bond donors (Lipinski definition) is 0. The van der Waals surface area contributed by atoms with Gasteiger partial charge in [-0.25, -0.2) is 9.59 Å². The molecule has 0 spiro atoms. The Morgan fingerprint density at radius 1 is 1.10 bits per heavy atom. The van der Waals surface area contributed by atoms with E-state index in [0.717, 1.165) is 12.1 Å². The molecule has 0 saturated carbocycles. The summed E-state index contributed by atoms with van der Waals surface area (Å²) < 4.78 is 15.4. The summed E-state index contributed by atoms with van der Waals surface area (Å²) in [6.45, 7) is 4.27. The van der Waals surface area contributed by atoms with Crippen LogP contribution in [0.5, 0.6) is 11.5 Å². The summed E-state index contributed by atoms with van der Waals surface area (Å²) in [4.78, 5) is 34.5. The third-order valence-corrected chi connectivity index (χ3v) is 3.78. The molecule has 8 nitrogen and oxygen atoms in total. The van der Waals surface area contributed by atoms with E-state index in [1.165, 1.54) is 18.2 Å². The third kappa shape index (κ3) is 6.62. The Kier molecular flexibility index (Phi) is 7.05. The van der Waals surface area contributed by atoms with E-state index >= 15 is 0 Å². The zero-order valence-electron chi connectivity index (χ0n) is 15.7. The van der Waals surface area contributed by atoms with Crippen molar-refractivity contribution in [3.8, 4) is 11.5 Å². The minimum absolute atomic E-state index is 0.101. The maximum absolute atomic E-state index is 12.3. The van der Waals surface area contributed by atoms with Crippen molar-refractivity contribution in [3.05, 3.63) is 62.1 Å². The second kappa shape index (κ2) is 9.11. The van der Waals surface area contributed by atoms with Crippen LogP contribution >= 0.6 is 23.2 Å². The van der Waals surface area contributed by atoms with E-state index in [9.17, 15) is 19.7 Å². The van der Waals surface area contributed by atoms with Crippen molar-refractivity contribution >= 4 is 40.8 Å². The highest BCUT2D eigenvalue weighted by Crippen LogP contribution is 2.33. The summed E-state index contributed by atoms with van der Waals surface area (Å²) in [6.07, 6.45) is 0. The fourth-order valence-corrected chi connectivity index (χ4v) is 2.61. The minimum Gasteiger partial charge on any atom is -0.457 e. The highest BCUT2D eigenvalue weighted by atomic mass is 35.5. The largest absolute Gasteiger partial charge is 0.457 e. The van der Waals surface area contributed by atoms with E-state index in [1.54, 1.807) is 26.8 Å². The zero-order chi connectivity index (χ0) is 21.8. The molecular weight excluding hydrogens is 425 g/mol. The fraction of sp³-hybridized carbons (Fsp3) is 0.263. The Morgan fingerprint density at radius 3 is 2.38 bits per heavy atom. The lowest BCUT2D eigenvalue weighted by Gasteiger charge is -2.19. The first kappa shape index (κ1) is 22.4. The fourth-order valence-electron chi connectivity index (χ4n) is 2.16. The molecule has 154 valence electrons. The van der Waals surface area contributed by atoms with Gasteiger partial charge in [-0.15, -0.1) is 0 Å². The first-order valence-corrected chi connectivity index (χ1v) is 9.02. The number of nitro benzene ring substituents is 1. The van der Waals surface area contributed by atoms with Gasteiger partial charge < -0.3 is 14.2 Å². The first-order valence-electron chi connectivity index (χ1n) is 8.26. The molecule has 2 aromatic carbocycles. The Hall–Kier alpha value is -2.84. The molecule has 0 aromatic heterocycles. The van der Waals surface area contributed by atoms with Gasteiger partial charge in [0.05, 0.1) is 9.95 Å². The number of nitrogens with zero attached hydrogens (tertiary/aromatic N) is 1. The molecule has 0 radical (unpaired) electrons. The summed E-state index contributed by atoms with van der Waals surface area (Å²) in [5.41, 5.74) is -1.66. The van der Waals surface area contributed by atoms with E-state index in [-0.39, 0.29) is 22.1 Å². The number of hydrogen-bond acceptors (Lipinski definition) is 7. The van der Waals surface area contributed by atoms with E-state index < -0.39 is 34.8 Å². The van der Waals surface area contributed by atoms with Crippen molar-refractivity contribution in [3.63, 3.8) is 0 Å².